The first-order valence-corrected chi connectivity index (χ1v) is 9.43. The number of carboxylic acid groups (broad SMARTS) is 1. The Morgan fingerprint density at radius 1 is 0.968 bits per heavy atom. The van der Waals surface area contributed by atoms with E-state index in [1.54, 1.807) is 36.4 Å². The van der Waals surface area contributed by atoms with E-state index in [2.05, 4.69) is 6.07 Å². The van der Waals surface area contributed by atoms with Gasteiger partial charge in [-0.15, -0.1) is 0 Å². The summed E-state index contributed by atoms with van der Waals surface area (Å²) in [5, 5.41) is 19.4. The summed E-state index contributed by atoms with van der Waals surface area (Å²) < 4.78 is 29.1. The van der Waals surface area contributed by atoms with Crippen LogP contribution < -0.4 is 0 Å². The Morgan fingerprint density at radius 2 is 1.61 bits per heavy atom. The zero-order valence-corrected chi connectivity index (χ0v) is 16.2. The molecule has 0 amide bonds. The average Bonchev–Trinajstić information content (AvgIpc) is 3.09. The molecule has 0 bridgehead atoms. The first-order chi connectivity index (χ1) is 14.9. The summed E-state index contributed by atoms with van der Waals surface area (Å²) in [4.78, 5) is 11.1. The number of halogens is 2. The van der Waals surface area contributed by atoms with Crippen molar-refractivity contribution in [2.24, 2.45) is 0 Å². The van der Waals surface area contributed by atoms with Gasteiger partial charge >= 0.3 is 5.97 Å². The number of aromatic carboxylic acids is 1. The molecule has 0 saturated carbocycles. The van der Waals surface area contributed by atoms with Crippen LogP contribution in [0.4, 0.5) is 8.78 Å². The molecule has 0 fully saturated rings. The lowest BCUT2D eigenvalue weighted by Crippen LogP contribution is -1.97. The summed E-state index contributed by atoms with van der Waals surface area (Å²) in [5.41, 5.74) is 3.30. The maximum Gasteiger partial charge on any atom is 0.335 e. The van der Waals surface area contributed by atoms with E-state index in [0.29, 0.717) is 28.6 Å². The van der Waals surface area contributed by atoms with E-state index in [9.17, 15) is 18.8 Å². The molecule has 1 N–H and O–H groups in total. The maximum atomic E-state index is 14.0. The third-order valence-corrected chi connectivity index (χ3v) is 5.00. The zero-order valence-electron chi connectivity index (χ0n) is 16.2. The van der Waals surface area contributed by atoms with E-state index < -0.39 is 11.8 Å². The fourth-order valence-electron chi connectivity index (χ4n) is 3.46. The molecule has 31 heavy (non-hydrogen) atoms. The van der Waals surface area contributed by atoms with Crippen LogP contribution in [0.1, 0.15) is 27.0 Å². The third kappa shape index (κ3) is 4.21. The average molecular weight is 414 g/mol. The Bertz CT molecular complexity index is 1350. The van der Waals surface area contributed by atoms with Gasteiger partial charge < -0.3 is 9.67 Å². The monoisotopic (exact) mass is 414 g/mol. The van der Waals surface area contributed by atoms with E-state index in [1.807, 2.05) is 10.8 Å². The Hall–Kier alpha value is -4.24. The molecule has 4 nitrogen and oxygen atoms in total. The molecule has 0 atom stereocenters. The van der Waals surface area contributed by atoms with Gasteiger partial charge in [0, 0.05) is 29.2 Å². The van der Waals surface area contributed by atoms with Crippen LogP contribution in [0.5, 0.6) is 0 Å². The van der Waals surface area contributed by atoms with Gasteiger partial charge in [0.25, 0.3) is 0 Å². The lowest BCUT2D eigenvalue weighted by molar-refractivity contribution is 0.0697. The number of nitriles is 1. The number of carboxylic acids is 1. The van der Waals surface area contributed by atoms with E-state index >= 15 is 0 Å². The topological polar surface area (TPSA) is 66.0 Å². The molecule has 4 aromatic rings. The van der Waals surface area contributed by atoms with Crippen LogP contribution in [0.3, 0.4) is 0 Å². The van der Waals surface area contributed by atoms with E-state index in [4.69, 9.17) is 5.11 Å². The highest BCUT2D eigenvalue weighted by Crippen LogP contribution is 2.28. The Balaban J connectivity index is 1.78. The van der Waals surface area contributed by atoms with E-state index in [1.165, 1.54) is 36.4 Å². The molecule has 152 valence electrons. The van der Waals surface area contributed by atoms with Crippen molar-refractivity contribution in [3.05, 3.63) is 107 Å². The Morgan fingerprint density at radius 3 is 2.26 bits per heavy atom. The first kappa shape index (κ1) is 20.0. The normalized spacial score (nSPS) is 11.5. The minimum Gasteiger partial charge on any atom is -0.478 e. The van der Waals surface area contributed by atoms with Crippen molar-refractivity contribution in [1.29, 1.82) is 5.26 Å². The SMILES string of the molecule is N#C/C(=C\c1cn(Cc2ccc(F)cc2)c2ccc(F)cc12)c1ccc(C(=O)O)cc1. The van der Waals surface area contributed by atoms with Gasteiger partial charge in [-0.1, -0.05) is 24.3 Å². The number of nitrogens with zero attached hydrogens (tertiary/aromatic N) is 2. The molecule has 0 spiro atoms. The second-order valence-corrected chi connectivity index (χ2v) is 7.05. The molecule has 1 aromatic heterocycles. The van der Waals surface area contributed by atoms with Gasteiger partial charge in [-0.05, 0) is 59.7 Å². The van der Waals surface area contributed by atoms with Gasteiger partial charge in [0.15, 0.2) is 0 Å². The van der Waals surface area contributed by atoms with Gasteiger partial charge in [0.1, 0.15) is 11.6 Å². The van der Waals surface area contributed by atoms with Crippen LogP contribution in [0.2, 0.25) is 0 Å². The van der Waals surface area contributed by atoms with Crippen molar-refractivity contribution < 1.29 is 18.7 Å². The van der Waals surface area contributed by atoms with Gasteiger partial charge in [0.05, 0.1) is 17.2 Å². The lowest BCUT2D eigenvalue weighted by atomic mass is 10.0. The van der Waals surface area contributed by atoms with Crippen molar-refractivity contribution in [3.8, 4) is 6.07 Å². The Labute approximate surface area is 176 Å². The third-order valence-electron chi connectivity index (χ3n) is 5.00. The number of hydrogen-bond acceptors (Lipinski definition) is 2. The molecular formula is C25H16F2N2O2. The van der Waals surface area contributed by atoms with E-state index in [-0.39, 0.29) is 11.4 Å². The smallest absolute Gasteiger partial charge is 0.335 e. The number of aromatic nitrogens is 1. The fourth-order valence-corrected chi connectivity index (χ4v) is 3.46. The van der Waals surface area contributed by atoms with Crippen molar-refractivity contribution >= 4 is 28.5 Å². The molecule has 3 aromatic carbocycles. The molecule has 0 radical (unpaired) electrons. The first-order valence-electron chi connectivity index (χ1n) is 9.43. The second kappa shape index (κ2) is 8.25. The fraction of sp³-hybridized carbons (Fsp3) is 0.0400. The van der Waals surface area contributed by atoms with Crippen molar-refractivity contribution in [2.45, 2.75) is 6.54 Å². The van der Waals surface area contributed by atoms with Crippen LogP contribution in [-0.4, -0.2) is 15.6 Å². The van der Waals surface area contributed by atoms with Crippen molar-refractivity contribution in [3.63, 3.8) is 0 Å². The second-order valence-electron chi connectivity index (χ2n) is 7.05. The highest BCUT2D eigenvalue weighted by molar-refractivity contribution is 5.98. The minimum atomic E-state index is -1.05. The van der Waals surface area contributed by atoms with Crippen LogP contribution >= 0.6 is 0 Å². The van der Waals surface area contributed by atoms with Gasteiger partial charge in [-0.25, -0.2) is 13.6 Å². The predicted octanol–water partition coefficient (Wildman–Crippen LogP) is 5.73. The standard InChI is InChI=1S/C25H16F2N2O2/c26-21-7-1-16(2-8-21)14-29-15-20(23-12-22(27)9-10-24(23)29)11-19(13-28)17-3-5-18(6-4-17)25(30)31/h1-12,15H,14H2,(H,30,31)/b19-11+. The summed E-state index contributed by atoms with van der Waals surface area (Å²) in [5.74, 6) is -1.77. The number of carbonyl (C=O) groups is 1. The Kier molecular flexibility index (Phi) is 5.33. The van der Waals surface area contributed by atoms with Crippen LogP contribution in [0, 0.1) is 23.0 Å². The molecule has 0 aliphatic carbocycles. The zero-order chi connectivity index (χ0) is 22.0. The van der Waals surface area contributed by atoms with Gasteiger partial charge in [0.2, 0.25) is 0 Å². The molecule has 0 saturated heterocycles. The number of allylic oxidation sites excluding steroid dienone is 1. The van der Waals surface area contributed by atoms with Gasteiger partial charge in [-0.3, -0.25) is 0 Å². The summed E-state index contributed by atoms with van der Waals surface area (Å²) >= 11 is 0. The van der Waals surface area contributed by atoms with Crippen molar-refractivity contribution in [2.75, 3.05) is 0 Å². The molecule has 4 rings (SSSR count). The molecule has 0 aliphatic rings. The number of fused-ring (bicyclic) bond motifs is 1. The van der Waals surface area contributed by atoms with Crippen LogP contribution in [0.15, 0.2) is 72.9 Å². The van der Waals surface area contributed by atoms with E-state index in [0.717, 1.165) is 11.1 Å². The van der Waals surface area contributed by atoms with Crippen LogP contribution in [-0.2, 0) is 6.54 Å². The predicted molar refractivity (Wildman–Crippen MR) is 114 cm³/mol. The number of rotatable bonds is 5. The molecule has 0 aliphatic heterocycles. The molecule has 6 heteroatoms. The lowest BCUT2D eigenvalue weighted by Gasteiger charge is -2.05. The maximum absolute atomic E-state index is 14.0. The van der Waals surface area contributed by atoms with Crippen LogP contribution in [0.25, 0.3) is 22.6 Å². The number of hydrogen-bond donors (Lipinski definition) is 1. The summed E-state index contributed by atoms with van der Waals surface area (Å²) in [7, 11) is 0. The quantitative estimate of drug-likeness (QED) is 0.424. The highest BCUT2D eigenvalue weighted by Gasteiger charge is 2.11. The minimum absolute atomic E-state index is 0.124. The molecular weight excluding hydrogens is 398 g/mol. The summed E-state index contributed by atoms with van der Waals surface area (Å²) in [6.07, 6.45) is 3.47. The summed E-state index contributed by atoms with van der Waals surface area (Å²) in [6, 6.07) is 18.7. The highest BCUT2D eigenvalue weighted by atomic mass is 19.1. The molecule has 1 heterocycles. The number of benzene rings is 3. The summed E-state index contributed by atoms with van der Waals surface area (Å²) in [6.45, 7) is 0.450. The van der Waals surface area contributed by atoms with Crippen molar-refractivity contribution in [1.82, 2.24) is 4.57 Å². The molecule has 0 unspecified atom stereocenters. The van der Waals surface area contributed by atoms with Gasteiger partial charge in [-0.2, -0.15) is 5.26 Å². The largest absolute Gasteiger partial charge is 0.478 e.